The van der Waals surface area contributed by atoms with Crippen molar-refractivity contribution in [3.05, 3.63) is 48.9 Å². The van der Waals surface area contributed by atoms with E-state index < -0.39 is 0 Å². The first kappa shape index (κ1) is 13.5. The molecule has 18 heavy (non-hydrogen) atoms. The second-order valence-electron chi connectivity index (χ2n) is 3.39. The zero-order chi connectivity index (χ0) is 12.6. The molecule has 2 aromatic heterocycles. The maximum atomic E-state index is 4.96. The van der Waals surface area contributed by atoms with Gasteiger partial charge in [-0.25, -0.2) is 4.98 Å². The van der Waals surface area contributed by atoms with Crippen LogP contribution in [0.3, 0.4) is 0 Å². The van der Waals surface area contributed by atoms with E-state index >= 15 is 0 Å². The molecule has 0 saturated heterocycles. The summed E-state index contributed by atoms with van der Waals surface area (Å²) >= 11 is 8.36. The first-order valence-corrected chi connectivity index (χ1v) is 7.64. The lowest BCUT2D eigenvalue weighted by molar-refractivity contribution is 1.13. The van der Waals surface area contributed by atoms with Crippen LogP contribution in [-0.4, -0.2) is 26.3 Å². The van der Waals surface area contributed by atoms with Gasteiger partial charge < -0.3 is 0 Å². The Morgan fingerprint density at radius 1 is 1.17 bits per heavy atom. The zero-order valence-corrected chi connectivity index (χ0v) is 12.0. The number of thiocarbonyl (C=S) groups is 1. The van der Waals surface area contributed by atoms with Crippen molar-refractivity contribution < 1.29 is 0 Å². The van der Waals surface area contributed by atoms with Crippen molar-refractivity contribution in [2.75, 3.05) is 5.75 Å². The number of hydrogen-bond donors (Lipinski definition) is 0. The monoisotopic (exact) mass is 291 g/mol. The standard InChI is InChI=1S/C13H11N2S3/c16-9-12(18-13-3-1-2-6-15-13)10-17-11-4-7-14-8-5-11/h1-8,12H,10H2. The second-order valence-corrected chi connectivity index (χ2v) is 5.94. The summed E-state index contributed by atoms with van der Waals surface area (Å²) in [6.07, 6.45) is 5.38. The third kappa shape index (κ3) is 4.40. The van der Waals surface area contributed by atoms with Crippen molar-refractivity contribution in [3.63, 3.8) is 0 Å². The van der Waals surface area contributed by atoms with Gasteiger partial charge in [-0.3, -0.25) is 4.98 Å². The van der Waals surface area contributed by atoms with E-state index in [4.69, 9.17) is 12.2 Å². The summed E-state index contributed by atoms with van der Waals surface area (Å²) in [5, 5.41) is 4.03. The van der Waals surface area contributed by atoms with Crippen LogP contribution >= 0.6 is 35.7 Å². The van der Waals surface area contributed by atoms with Crippen LogP contribution in [0.1, 0.15) is 0 Å². The van der Waals surface area contributed by atoms with Crippen LogP contribution in [0.2, 0.25) is 0 Å². The lowest BCUT2D eigenvalue weighted by Crippen LogP contribution is -2.06. The summed E-state index contributed by atoms with van der Waals surface area (Å²) in [5.41, 5.74) is 0. The van der Waals surface area contributed by atoms with Gasteiger partial charge in [-0.15, -0.1) is 11.8 Å². The van der Waals surface area contributed by atoms with Gasteiger partial charge in [0.15, 0.2) is 0 Å². The van der Waals surface area contributed by atoms with Gasteiger partial charge in [0.1, 0.15) is 0 Å². The minimum atomic E-state index is 0.160. The van der Waals surface area contributed by atoms with Crippen LogP contribution < -0.4 is 0 Å². The SMILES string of the molecule is S=[C]C(CSc1ccncc1)Sc1ccccn1. The predicted octanol–water partition coefficient (Wildman–Crippen LogP) is 3.61. The molecule has 0 aromatic carbocycles. The van der Waals surface area contributed by atoms with Gasteiger partial charge in [0.2, 0.25) is 0 Å². The van der Waals surface area contributed by atoms with Gasteiger partial charge in [0.05, 0.1) is 10.3 Å². The van der Waals surface area contributed by atoms with E-state index in [-0.39, 0.29) is 5.25 Å². The van der Waals surface area contributed by atoms with Gasteiger partial charge in [-0.05, 0) is 24.3 Å². The molecule has 2 rings (SSSR count). The average molecular weight is 291 g/mol. The maximum Gasteiger partial charge on any atom is 0.0966 e. The van der Waals surface area contributed by atoms with Crippen molar-refractivity contribution in [2.24, 2.45) is 0 Å². The van der Waals surface area contributed by atoms with E-state index in [1.54, 1.807) is 42.1 Å². The molecular formula is C13H11N2S3. The molecular weight excluding hydrogens is 280 g/mol. The fourth-order valence-corrected chi connectivity index (χ4v) is 3.43. The normalized spacial score (nSPS) is 12.0. The average Bonchev–Trinajstić information content (AvgIpc) is 2.45. The molecule has 0 spiro atoms. The molecule has 2 nitrogen and oxygen atoms in total. The fraction of sp³-hybridized carbons (Fsp3) is 0.154. The number of thioether (sulfide) groups is 2. The van der Waals surface area contributed by atoms with Crippen LogP contribution in [-0.2, 0) is 0 Å². The van der Waals surface area contributed by atoms with Gasteiger partial charge in [-0.1, -0.05) is 30.0 Å². The molecule has 2 aromatic rings. The van der Waals surface area contributed by atoms with E-state index in [9.17, 15) is 0 Å². The third-order valence-electron chi connectivity index (χ3n) is 2.08. The molecule has 1 unspecified atom stereocenters. The van der Waals surface area contributed by atoms with Gasteiger partial charge >= 0.3 is 0 Å². The smallest absolute Gasteiger partial charge is 0.0966 e. The number of hydrogen-bond acceptors (Lipinski definition) is 5. The van der Waals surface area contributed by atoms with Crippen LogP contribution in [0, 0.1) is 0 Å². The summed E-state index contributed by atoms with van der Waals surface area (Å²) in [6.45, 7) is 0. The largest absolute Gasteiger partial charge is 0.265 e. The lowest BCUT2D eigenvalue weighted by Gasteiger charge is -2.09. The molecule has 0 saturated carbocycles. The number of rotatable bonds is 6. The molecule has 1 radical (unpaired) electrons. The fourth-order valence-electron chi connectivity index (χ4n) is 1.26. The highest BCUT2D eigenvalue weighted by Gasteiger charge is 2.09. The number of pyridine rings is 2. The van der Waals surface area contributed by atoms with E-state index in [0.717, 1.165) is 10.8 Å². The Morgan fingerprint density at radius 3 is 2.67 bits per heavy atom. The minimum absolute atomic E-state index is 0.160. The Morgan fingerprint density at radius 2 is 2.00 bits per heavy atom. The lowest BCUT2D eigenvalue weighted by atomic mass is 10.5. The molecule has 0 fully saturated rings. The van der Waals surface area contributed by atoms with E-state index in [2.05, 4.69) is 15.3 Å². The summed E-state index contributed by atoms with van der Waals surface area (Å²) in [4.78, 5) is 9.47. The summed E-state index contributed by atoms with van der Waals surface area (Å²) in [6, 6.07) is 9.87. The van der Waals surface area contributed by atoms with E-state index in [1.165, 1.54) is 4.90 Å². The molecule has 0 aliphatic heterocycles. The van der Waals surface area contributed by atoms with Crippen molar-refractivity contribution in [1.82, 2.24) is 9.97 Å². The van der Waals surface area contributed by atoms with Gasteiger partial charge in [0, 0.05) is 34.6 Å². The van der Waals surface area contributed by atoms with E-state index in [0.29, 0.717) is 0 Å². The number of nitrogens with zero attached hydrogens (tertiary/aromatic N) is 2. The molecule has 0 amide bonds. The molecule has 0 aliphatic carbocycles. The molecule has 1 atom stereocenters. The zero-order valence-electron chi connectivity index (χ0n) is 9.52. The molecule has 0 bridgehead atoms. The van der Waals surface area contributed by atoms with Crippen molar-refractivity contribution in [2.45, 2.75) is 15.2 Å². The first-order chi connectivity index (χ1) is 8.88. The molecule has 5 heteroatoms. The Hall–Kier alpha value is -0.910. The Labute approximate surface area is 121 Å². The second kappa shape index (κ2) is 7.51. The van der Waals surface area contributed by atoms with Crippen LogP contribution in [0.25, 0.3) is 0 Å². The third-order valence-corrected chi connectivity index (χ3v) is 4.89. The maximum absolute atomic E-state index is 4.96. The quantitative estimate of drug-likeness (QED) is 0.598. The summed E-state index contributed by atoms with van der Waals surface area (Å²) in [5.74, 6) is 0.884. The highest BCUT2D eigenvalue weighted by molar-refractivity contribution is 8.04. The highest BCUT2D eigenvalue weighted by atomic mass is 32.2. The Balaban J connectivity index is 1.88. The van der Waals surface area contributed by atoms with Crippen molar-refractivity contribution in [3.8, 4) is 0 Å². The highest BCUT2D eigenvalue weighted by Crippen LogP contribution is 2.26. The van der Waals surface area contributed by atoms with Crippen LogP contribution in [0.15, 0.2) is 58.8 Å². The topological polar surface area (TPSA) is 25.8 Å². The Kier molecular flexibility index (Phi) is 5.64. The number of aromatic nitrogens is 2. The minimum Gasteiger partial charge on any atom is -0.265 e. The van der Waals surface area contributed by atoms with Crippen LogP contribution in [0.5, 0.6) is 0 Å². The van der Waals surface area contributed by atoms with Gasteiger partial charge in [-0.2, -0.15) is 0 Å². The molecule has 2 heterocycles. The Bertz CT molecular complexity index is 476. The summed E-state index contributed by atoms with van der Waals surface area (Å²) in [7, 11) is 0. The molecule has 0 aliphatic rings. The van der Waals surface area contributed by atoms with Crippen molar-refractivity contribution >= 4 is 41.1 Å². The predicted molar refractivity (Wildman–Crippen MR) is 81.4 cm³/mol. The first-order valence-electron chi connectivity index (χ1n) is 5.36. The molecule has 91 valence electrons. The van der Waals surface area contributed by atoms with Crippen molar-refractivity contribution in [1.29, 1.82) is 0 Å². The molecule has 0 N–H and O–H groups in total. The van der Waals surface area contributed by atoms with Crippen LogP contribution in [0.4, 0.5) is 0 Å². The summed E-state index contributed by atoms with van der Waals surface area (Å²) < 4.78 is 0. The van der Waals surface area contributed by atoms with E-state index in [1.807, 2.05) is 30.3 Å². The van der Waals surface area contributed by atoms with Gasteiger partial charge in [0.25, 0.3) is 0 Å².